The second-order valence-electron chi connectivity index (χ2n) is 5.45. The first-order valence-corrected chi connectivity index (χ1v) is 7.63. The Morgan fingerprint density at radius 1 is 1.22 bits per heavy atom. The monoisotopic (exact) mass is 333 g/mol. The number of anilines is 2. The lowest BCUT2D eigenvalue weighted by molar-refractivity contribution is 0.102. The van der Waals surface area contributed by atoms with Crippen LogP contribution in [0.15, 0.2) is 30.3 Å². The third-order valence-electron chi connectivity index (χ3n) is 3.19. The van der Waals surface area contributed by atoms with Gasteiger partial charge in [-0.2, -0.15) is 0 Å². The first-order chi connectivity index (χ1) is 11.0. The molecular formula is C16H20ClN5O. The fourth-order valence-corrected chi connectivity index (χ4v) is 2.00. The highest BCUT2D eigenvalue weighted by Gasteiger charge is 2.09. The van der Waals surface area contributed by atoms with E-state index >= 15 is 0 Å². The molecule has 1 amide bonds. The van der Waals surface area contributed by atoms with Crippen LogP contribution in [-0.2, 0) is 0 Å². The Morgan fingerprint density at radius 3 is 2.61 bits per heavy atom. The molecule has 1 heterocycles. The number of carbonyl (C=O) groups excluding carboxylic acids is 1. The minimum absolute atomic E-state index is 0.250. The van der Waals surface area contributed by atoms with Gasteiger partial charge in [-0.05, 0) is 50.8 Å². The van der Waals surface area contributed by atoms with E-state index in [1.807, 2.05) is 27.1 Å². The van der Waals surface area contributed by atoms with E-state index in [2.05, 4.69) is 25.7 Å². The highest BCUT2D eigenvalue weighted by Crippen LogP contribution is 2.20. The Bertz CT molecular complexity index is 673. The molecular weight excluding hydrogens is 314 g/mol. The van der Waals surface area contributed by atoms with Gasteiger partial charge in [-0.1, -0.05) is 17.7 Å². The smallest absolute Gasteiger partial charge is 0.276 e. The molecule has 0 radical (unpaired) electrons. The molecule has 6 nitrogen and oxygen atoms in total. The second kappa shape index (κ2) is 7.89. The van der Waals surface area contributed by atoms with Crippen LogP contribution in [-0.4, -0.2) is 48.2 Å². The quantitative estimate of drug-likeness (QED) is 0.850. The van der Waals surface area contributed by atoms with Gasteiger partial charge in [0.15, 0.2) is 5.69 Å². The fraction of sp³-hybridized carbons (Fsp3) is 0.312. The van der Waals surface area contributed by atoms with Crippen LogP contribution >= 0.6 is 11.6 Å². The van der Waals surface area contributed by atoms with Gasteiger partial charge in [-0.25, -0.2) is 0 Å². The van der Waals surface area contributed by atoms with Crippen LogP contribution < -0.4 is 10.6 Å². The van der Waals surface area contributed by atoms with E-state index in [-0.39, 0.29) is 11.6 Å². The first kappa shape index (κ1) is 17.2. The molecule has 2 rings (SSSR count). The lowest BCUT2D eigenvalue weighted by Crippen LogP contribution is -2.21. The highest BCUT2D eigenvalue weighted by molar-refractivity contribution is 6.31. The molecule has 0 unspecified atom stereocenters. The summed E-state index contributed by atoms with van der Waals surface area (Å²) in [7, 11) is 4.00. The number of halogens is 1. The normalized spacial score (nSPS) is 10.7. The molecule has 0 saturated heterocycles. The summed E-state index contributed by atoms with van der Waals surface area (Å²) in [5.41, 5.74) is 1.83. The largest absolute Gasteiger partial charge is 0.367 e. The maximum absolute atomic E-state index is 12.1. The Hall–Kier alpha value is -2.18. The van der Waals surface area contributed by atoms with Gasteiger partial charge in [-0.15, -0.1) is 10.2 Å². The van der Waals surface area contributed by atoms with Gasteiger partial charge in [0, 0.05) is 23.8 Å². The Balaban J connectivity index is 1.95. The van der Waals surface area contributed by atoms with Crippen molar-refractivity contribution in [3.63, 3.8) is 0 Å². The molecule has 122 valence electrons. The average Bonchev–Trinajstić information content (AvgIpc) is 2.51. The van der Waals surface area contributed by atoms with Crippen LogP contribution in [0.5, 0.6) is 0 Å². The van der Waals surface area contributed by atoms with Crippen molar-refractivity contribution in [3.05, 3.63) is 46.6 Å². The van der Waals surface area contributed by atoms with Gasteiger partial charge < -0.3 is 15.5 Å². The third kappa shape index (κ3) is 5.19. The molecule has 0 spiro atoms. The number of benzene rings is 1. The molecule has 2 aromatic rings. The Morgan fingerprint density at radius 2 is 2.00 bits per heavy atom. The minimum atomic E-state index is -0.322. The zero-order valence-corrected chi connectivity index (χ0v) is 14.2. The van der Waals surface area contributed by atoms with E-state index in [1.54, 1.807) is 24.3 Å². The van der Waals surface area contributed by atoms with Crippen molar-refractivity contribution in [2.24, 2.45) is 0 Å². The van der Waals surface area contributed by atoms with Crippen LogP contribution in [0.2, 0.25) is 5.02 Å². The van der Waals surface area contributed by atoms with E-state index in [4.69, 9.17) is 11.6 Å². The standard InChI is InChI=1S/C16H20ClN5O/c1-11-4-5-12(10-13(11)17)19-16(23)14-6-7-15(21-20-14)18-8-9-22(2)3/h4-7,10H,8-9H2,1-3H3,(H,18,21)(H,19,23). The third-order valence-corrected chi connectivity index (χ3v) is 3.60. The van der Waals surface area contributed by atoms with Crippen LogP contribution in [0.4, 0.5) is 11.5 Å². The van der Waals surface area contributed by atoms with Gasteiger partial charge in [0.2, 0.25) is 0 Å². The summed E-state index contributed by atoms with van der Waals surface area (Å²) >= 11 is 6.04. The number of aromatic nitrogens is 2. The van der Waals surface area contributed by atoms with Crippen molar-refractivity contribution in [2.75, 3.05) is 37.8 Å². The number of amides is 1. The summed E-state index contributed by atoms with van der Waals surface area (Å²) in [6.07, 6.45) is 0. The van der Waals surface area contributed by atoms with E-state index in [9.17, 15) is 4.79 Å². The molecule has 1 aromatic carbocycles. The molecule has 1 aromatic heterocycles. The molecule has 0 fully saturated rings. The molecule has 0 aliphatic carbocycles. The topological polar surface area (TPSA) is 70.2 Å². The SMILES string of the molecule is Cc1ccc(NC(=O)c2ccc(NCCN(C)C)nn2)cc1Cl. The van der Waals surface area contributed by atoms with E-state index in [1.165, 1.54) is 0 Å². The van der Waals surface area contributed by atoms with Gasteiger partial charge in [0.05, 0.1) is 0 Å². The lowest BCUT2D eigenvalue weighted by atomic mass is 10.2. The number of nitrogens with one attached hydrogen (secondary N) is 2. The number of carbonyl (C=O) groups is 1. The molecule has 0 aliphatic heterocycles. The minimum Gasteiger partial charge on any atom is -0.367 e. The van der Waals surface area contributed by atoms with Crippen molar-refractivity contribution in [2.45, 2.75) is 6.92 Å². The molecule has 0 atom stereocenters. The number of hydrogen-bond donors (Lipinski definition) is 2. The summed E-state index contributed by atoms with van der Waals surface area (Å²) < 4.78 is 0. The maximum Gasteiger partial charge on any atom is 0.276 e. The Kier molecular flexibility index (Phi) is 5.90. The van der Waals surface area contributed by atoms with E-state index in [0.717, 1.165) is 18.7 Å². The van der Waals surface area contributed by atoms with Crippen molar-refractivity contribution in [1.82, 2.24) is 15.1 Å². The van der Waals surface area contributed by atoms with Crippen LogP contribution in [0.1, 0.15) is 16.1 Å². The van der Waals surface area contributed by atoms with Crippen molar-refractivity contribution < 1.29 is 4.79 Å². The van der Waals surface area contributed by atoms with E-state index in [0.29, 0.717) is 16.5 Å². The van der Waals surface area contributed by atoms with Crippen molar-refractivity contribution in [1.29, 1.82) is 0 Å². The maximum atomic E-state index is 12.1. The lowest BCUT2D eigenvalue weighted by Gasteiger charge is -2.10. The van der Waals surface area contributed by atoms with Gasteiger partial charge >= 0.3 is 0 Å². The summed E-state index contributed by atoms with van der Waals surface area (Å²) in [5, 5.41) is 14.4. The predicted molar refractivity (Wildman–Crippen MR) is 93.2 cm³/mol. The van der Waals surface area contributed by atoms with E-state index < -0.39 is 0 Å². The molecule has 2 N–H and O–H groups in total. The average molecular weight is 334 g/mol. The summed E-state index contributed by atoms with van der Waals surface area (Å²) in [5.74, 6) is 0.319. The molecule has 0 saturated carbocycles. The van der Waals surface area contributed by atoms with Crippen LogP contribution in [0.3, 0.4) is 0 Å². The molecule has 0 aliphatic rings. The molecule has 7 heteroatoms. The zero-order valence-electron chi connectivity index (χ0n) is 13.4. The van der Waals surface area contributed by atoms with Crippen LogP contribution in [0, 0.1) is 6.92 Å². The van der Waals surface area contributed by atoms with Crippen LogP contribution in [0.25, 0.3) is 0 Å². The number of nitrogens with zero attached hydrogens (tertiary/aromatic N) is 3. The number of aryl methyl sites for hydroxylation is 1. The molecule has 0 bridgehead atoms. The Labute approximate surface area is 140 Å². The summed E-state index contributed by atoms with van der Waals surface area (Å²) in [6.45, 7) is 3.55. The van der Waals surface area contributed by atoms with Crippen molar-refractivity contribution in [3.8, 4) is 0 Å². The first-order valence-electron chi connectivity index (χ1n) is 7.25. The van der Waals surface area contributed by atoms with Gasteiger partial charge in [0.1, 0.15) is 5.82 Å². The van der Waals surface area contributed by atoms with Gasteiger partial charge in [-0.3, -0.25) is 4.79 Å². The molecule has 23 heavy (non-hydrogen) atoms. The number of hydrogen-bond acceptors (Lipinski definition) is 5. The highest BCUT2D eigenvalue weighted by atomic mass is 35.5. The van der Waals surface area contributed by atoms with Gasteiger partial charge in [0.25, 0.3) is 5.91 Å². The fourth-order valence-electron chi connectivity index (χ4n) is 1.82. The summed E-state index contributed by atoms with van der Waals surface area (Å²) in [6, 6.07) is 8.72. The predicted octanol–water partition coefficient (Wildman–Crippen LogP) is 2.66. The zero-order chi connectivity index (χ0) is 16.8. The second-order valence-corrected chi connectivity index (χ2v) is 5.86. The number of rotatable bonds is 6. The summed E-state index contributed by atoms with van der Waals surface area (Å²) in [4.78, 5) is 14.2. The number of likely N-dealkylation sites (N-methyl/N-ethyl adjacent to an activating group) is 1. The van der Waals surface area contributed by atoms with Crippen molar-refractivity contribution >= 4 is 29.0 Å².